The summed E-state index contributed by atoms with van der Waals surface area (Å²) >= 11 is 8.38. The first kappa shape index (κ1) is 17.3. The Labute approximate surface area is 148 Å². The van der Waals surface area contributed by atoms with Crippen LogP contribution in [0.1, 0.15) is 5.56 Å². The molecule has 1 fully saturated rings. The minimum Gasteiger partial charge on any atom is -0.378 e. The minimum atomic E-state index is 0. The van der Waals surface area contributed by atoms with Crippen molar-refractivity contribution in [2.45, 2.75) is 6.54 Å². The molecule has 0 radical (unpaired) electrons. The van der Waals surface area contributed by atoms with Gasteiger partial charge in [0.1, 0.15) is 0 Å². The van der Waals surface area contributed by atoms with Crippen LogP contribution in [-0.2, 0) is 11.3 Å². The Morgan fingerprint density at radius 1 is 1.42 bits per heavy atom. The molecule has 0 aromatic heterocycles. The summed E-state index contributed by atoms with van der Waals surface area (Å²) < 4.78 is 6.39. The predicted octanol–water partition coefficient (Wildman–Crippen LogP) is 2.71. The SMILES string of the molecule is I.NC(=NCc1ccc(I)cc1Cl)N1CCOCC1. The first-order valence-electron chi connectivity index (χ1n) is 5.73. The van der Waals surface area contributed by atoms with Gasteiger partial charge >= 0.3 is 0 Å². The smallest absolute Gasteiger partial charge is 0.191 e. The van der Waals surface area contributed by atoms with E-state index in [9.17, 15) is 0 Å². The molecule has 0 saturated carbocycles. The fraction of sp³-hybridized carbons (Fsp3) is 0.417. The highest BCUT2D eigenvalue weighted by Crippen LogP contribution is 2.19. The molecule has 0 amide bonds. The van der Waals surface area contributed by atoms with E-state index in [1.165, 1.54) is 0 Å². The topological polar surface area (TPSA) is 50.8 Å². The lowest BCUT2D eigenvalue weighted by Gasteiger charge is -2.27. The summed E-state index contributed by atoms with van der Waals surface area (Å²) in [4.78, 5) is 6.42. The van der Waals surface area contributed by atoms with E-state index in [2.05, 4.69) is 27.6 Å². The van der Waals surface area contributed by atoms with Gasteiger partial charge in [-0.25, -0.2) is 4.99 Å². The van der Waals surface area contributed by atoms with Crippen molar-refractivity contribution >= 4 is 64.1 Å². The Morgan fingerprint density at radius 2 is 2.11 bits per heavy atom. The first-order valence-corrected chi connectivity index (χ1v) is 7.19. The Bertz CT molecular complexity index is 451. The summed E-state index contributed by atoms with van der Waals surface area (Å²) in [6, 6.07) is 5.93. The molecule has 7 heteroatoms. The van der Waals surface area contributed by atoms with Gasteiger partial charge in [-0.3, -0.25) is 0 Å². The van der Waals surface area contributed by atoms with Crippen LogP contribution in [0.5, 0.6) is 0 Å². The van der Waals surface area contributed by atoms with Crippen LogP contribution in [0.25, 0.3) is 0 Å². The minimum absolute atomic E-state index is 0. The van der Waals surface area contributed by atoms with Crippen LogP contribution in [0.4, 0.5) is 0 Å². The molecule has 0 spiro atoms. The van der Waals surface area contributed by atoms with Crippen LogP contribution in [0.2, 0.25) is 5.02 Å². The number of rotatable bonds is 2. The number of benzene rings is 1. The molecule has 2 N–H and O–H groups in total. The summed E-state index contributed by atoms with van der Waals surface area (Å²) in [5.41, 5.74) is 6.95. The fourth-order valence-corrected chi connectivity index (χ4v) is 2.62. The van der Waals surface area contributed by atoms with Crippen molar-refractivity contribution in [3.8, 4) is 0 Å². The number of morpholine rings is 1. The third kappa shape index (κ3) is 5.24. The number of nitrogens with zero attached hydrogens (tertiary/aromatic N) is 2. The lowest BCUT2D eigenvalue weighted by molar-refractivity contribution is 0.0674. The molecule has 1 aromatic rings. The second-order valence-electron chi connectivity index (χ2n) is 4.01. The summed E-state index contributed by atoms with van der Waals surface area (Å²) in [6.07, 6.45) is 0. The molecule has 1 saturated heterocycles. The highest BCUT2D eigenvalue weighted by atomic mass is 127. The fourth-order valence-electron chi connectivity index (χ4n) is 1.71. The molecule has 4 nitrogen and oxygen atoms in total. The summed E-state index contributed by atoms with van der Waals surface area (Å²) in [7, 11) is 0. The maximum absolute atomic E-state index is 6.15. The molecule has 1 aromatic carbocycles. The van der Waals surface area contributed by atoms with Gasteiger partial charge in [0.25, 0.3) is 0 Å². The van der Waals surface area contributed by atoms with E-state index in [4.69, 9.17) is 22.1 Å². The van der Waals surface area contributed by atoms with E-state index in [-0.39, 0.29) is 24.0 Å². The Balaban J connectivity index is 0.00000180. The zero-order chi connectivity index (χ0) is 13.0. The first-order chi connectivity index (χ1) is 8.66. The largest absolute Gasteiger partial charge is 0.378 e. The van der Waals surface area contributed by atoms with Gasteiger partial charge in [-0.1, -0.05) is 17.7 Å². The molecule has 1 aliphatic heterocycles. The maximum Gasteiger partial charge on any atom is 0.191 e. The van der Waals surface area contributed by atoms with E-state index in [1.807, 2.05) is 23.1 Å². The quantitative estimate of drug-likeness (QED) is 0.381. The Morgan fingerprint density at radius 3 is 2.74 bits per heavy atom. The van der Waals surface area contributed by atoms with Crippen LogP contribution in [0.3, 0.4) is 0 Å². The number of hydrogen-bond acceptors (Lipinski definition) is 2. The summed E-state index contributed by atoms with van der Waals surface area (Å²) in [5, 5.41) is 0.737. The monoisotopic (exact) mass is 507 g/mol. The van der Waals surface area contributed by atoms with Crippen LogP contribution in [0.15, 0.2) is 23.2 Å². The van der Waals surface area contributed by atoms with Gasteiger partial charge in [0.05, 0.1) is 19.8 Å². The predicted molar refractivity (Wildman–Crippen MR) is 97.3 cm³/mol. The second kappa shape index (κ2) is 8.48. The summed E-state index contributed by atoms with van der Waals surface area (Å²) in [5.74, 6) is 0.563. The normalized spacial score (nSPS) is 16.1. The zero-order valence-electron chi connectivity index (χ0n) is 10.3. The van der Waals surface area contributed by atoms with E-state index < -0.39 is 0 Å². The second-order valence-corrected chi connectivity index (χ2v) is 5.66. The lowest BCUT2D eigenvalue weighted by atomic mass is 10.2. The van der Waals surface area contributed by atoms with Crippen molar-refractivity contribution in [2.75, 3.05) is 26.3 Å². The molecule has 106 valence electrons. The Kier molecular flexibility index (Phi) is 7.70. The lowest BCUT2D eigenvalue weighted by Crippen LogP contribution is -2.44. The van der Waals surface area contributed by atoms with Crippen molar-refractivity contribution in [3.05, 3.63) is 32.4 Å². The molecular weight excluding hydrogens is 491 g/mol. The number of guanidine groups is 1. The number of ether oxygens (including phenoxy) is 1. The van der Waals surface area contributed by atoms with Gasteiger partial charge in [-0.05, 0) is 40.3 Å². The van der Waals surface area contributed by atoms with Crippen molar-refractivity contribution < 1.29 is 4.74 Å². The molecule has 0 bridgehead atoms. The molecule has 19 heavy (non-hydrogen) atoms. The van der Waals surface area contributed by atoms with E-state index in [0.717, 1.165) is 27.2 Å². The van der Waals surface area contributed by atoms with Gasteiger partial charge in [-0.15, -0.1) is 24.0 Å². The third-order valence-corrected chi connectivity index (χ3v) is 3.78. The molecular formula is C12H16ClI2N3O. The highest BCUT2D eigenvalue weighted by molar-refractivity contribution is 14.1. The van der Waals surface area contributed by atoms with Gasteiger partial charge in [0.2, 0.25) is 0 Å². The average Bonchev–Trinajstić information content (AvgIpc) is 2.38. The van der Waals surface area contributed by atoms with E-state index in [1.54, 1.807) is 0 Å². The number of hydrogen-bond donors (Lipinski definition) is 1. The molecule has 0 unspecified atom stereocenters. The van der Waals surface area contributed by atoms with Crippen LogP contribution >= 0.6 is 58.2 Å². The standard InChI is InChI=1S/C12H15ClIN3O.HI/c13-11-7-10(14)2-1-9(11)8-16-12(15)17-3-5-18-6-4-17;/h1-2,7H,3-6,8H2,(H2,15,16);1H. The van der Waals surface area contributed by atoms with Gasteiger partial charge < -0.3 is 15.4 Å². The number of nitrogens with two attached hydrogens (primary N) is 1. The van der Waals surface area contributed by atoms with Crippen molar-refractivity contribution in [1.29, 1.82) is 0 Å². The zero-order valence-corrected chi connectivity index (χ0v) is 15.6. The maximum atomic E-state index is 6.15. The summed E-state index contributed by atoms with van der Waals surface area (Å²) in [6.45, 7) is 3.53. The molecule has 1 heterocycles. The Hall–Kier alpha value is 0.200. The molecule has 0 atom stereocenters. The van der Waals surface area contributed by atoms with Crippen LogP contribution < -0.4 is 5.73 Å². The number of aliphatic imine (C=N–C) groups is 1. The van der Waals surface area contributed by atoms with Gasteiger partial charge in [0, 0.05) is 21.7 Å². The van der Waals surface area contributed by atoms with Gasteiger partial charge in [0.15, 0.2) is 5.96 Å². The van der Waals surface area contributed by atoms with Crippen molar-refractivity contribution in [3.63, 3.8) is 0 Å². The van der Waals surface area contributed by atoms with E-state index in [0.29, 0.717) is 25.7 Å². The molecule has 2 rings (SSSR count). The van der Waals surface area contributed by atoms with Crippen LogP contribution in [-0.4, -0.2) is 37.2 Å². The molecule has 1 aliphatic rings. The van der Waals surface area contributed by atoms with Crippen molar-refractivity contribution in [2.24, 2.45) is 10.7 Å². The van der Waals surface area contributed by atoms with Crippen LogP contribution in [0, 0.1) is 3.57 Å². The molecule has 0 aliphatic carbocycles. The van der Waals surface area contributed by atoms with E-state index >= 15 is 0 Å². The average molecular weight is 508 g/mol. The highest BCUT2D eigenvalue weighted by Gasteiger charge is 2.12. The number of halogens is 3. The van der Waals surface area contributed by atoms with Crippen molar-refractivity contribution in [1.82, 2.24) is 4.90 Å². The van der Waals surface area contributed by atoms with Gasteiger partial charge in [-0.2, -0.15) is 0 Å². The third-order valence-electron chi connectivity index (χ3n) is 2.76.